The maximum atomic E-state index is 12.2. The molecule has 2 heterocycles. The van der Waals surface area contributed by atoms with Gasteiger partial charge >= 0.3 is 0 Å². The summed E-state index contributed by atoms with van der Waals surface area (Å²) in [5, 5.41) is 12.3. The number of ether oxygens (including phenoxy) is 2. The molecule has 0 saturated carbocycles. The number of nitrogens with one attached hydrogen (secondary N) is 2. The van der Waals surface area contributed by atoms with Crippen molar-refractivity contribution in [3.63, 3.8) is 0 Å². The Morgan fingerprint density at radius 2 is 2.00 bits per heavy atom. The second-order valence-corrected chi connectivity index (χ2v) is 8.69. The molecule has 1 aromatic carbocycles. The van der Waals surface area contributed by atoms with E-state index in [0.29, 0.717) is 35.7 Å². The Morgan fingerprint density at radius 3 is 2.72 bits per heavy atom. The maximum absolute atomic E-state index is 12.2. The fourth-order valence-electron chi connectivity index (χ4n) is 2.96. The Hall–Kier alpha value is -3.01. The lowest BCUT2D eigenvalue weighted by molar-refractivity contribution is -0.123. The normalized spacial score (nSPS) is 11.0. The second kappa shape index (κ2) is 11.6. The van der Waals surface area contributed by atoms with Crippen LogP contribution < -0.4 is 20.1 Å². The van der Waals surface area contributed by atoms with E-state index in [1.165, 1.54) is 0 Å². The molecule has 0 radical (unpaired) electrons. The lowest BCUT2D eigenvalue weighted by Crippen LogP contribution is -2.31. The van der Waals surface area contributed by atoms with Crippen LogP contribution in [0.4, 0.5) is 5.82 Å². The molecule has 10 heteroatoms. The zero-order chi connectivity index (χ0) is 22.9. The van der Waals surface area contributed by atoms with Gasteiger partial charge in [-0.05, 0) is 23.8 Å². The van der Waals surface area contributed by atoms with Crippen molar-refractivity contribution in [1.82, 2.24) is 25.1 Å². The molecule has 0 fully saturated rings. The molecule has 0 aliphatic carbocycles. The summed E-state index contributed by atoms with van der Waals surface area (Å²) in [4.78, 5) is 21.5. The molecule has 0 aliphatic rings. The number of benzene rings is 1. The minimum atomic E-state index is -0.219. The molecule has 0 saturated heterocycles. The average molecular weight is 459 g/mol. The molecule has 3 rings (SSSR count). The third-order valence-electron chi connectivity index (χ3n) is 4.50. The van der Waals surface area contributed by atoms with Crippen molar-refractivity contribution in [3.05, 3.63) is 30.5 Å². The number of hydrogen-bond donors (Lipinski definition) is 2. The van der Waals surface area contributed by atoms with Crippen molar-refractivity contribution >= 4 is 34.5 Å². The number of methoxy groups -OCH3 is 1. The van der Waals surface area contributed by atoms with Crippen LogP contribution in [0.5, 0.6) is 11.5 Å². The molecule has 0 unspecified atom stereocenters. The number of anilines is 1. The molecule has 2 N–H and O–H groups in total. The summed E-state index contributed by atoms with van der Waals surface area (Å²) in [6.07, 6.45) is 1.77. The Balaban J connectivity index is 1.61. The zero-order valence-electron chi connectivity index (χ0n) is 18.9. The first-order valence-corrected chi connectivity index (χ1v) is 11.6. The van der Waals surface area contributed by atoms with E-state index in [-0.39, 0.29) is 12.5 Å². The molecule has 3 aromatic rings. The van der Waals surface area contributed by atoms with Gasteiger partial charge in [0.15, 0.2) is 28.9 Å². The van der Waals surface area contributed by atoms with Crippen LogP contribution in [0.2, 0.25) is 0 Å². The van der Waals surface area contributed by atoms with Gasteiger partial charge in [-0.3, -0.25) is 4.79 Å². The summed E-state index contributed by atoms with van der Waals surface area (Å²) in [5.74, 6) is 3.06. The van der Waals surface area contributed by atoms with Crippen LogP contribution in [0, 0.1) is 5.92 Å². The lowest BCUT2D eigenvalue weighted by atomic mass is 10.2. The number of para-hydroxylation sites is 2. The number of thioether (sulfide) groups is 1. The number of rotatable bonds is 12. The van der Waals surface area contributed by atoms with E-state index in [4.69, 9.17) is 9.47 Å². The highest BCUT2D eigenvalue weighted by Gasteiger charge is 2.14. The Labute approximate surface area is 192 Å². The Morgan fingerprint density at radius 1 is 1.22 bits per heavy atom. The second-order valence-electron chi connectivity index (χ2n) is 7.46. The molecule has 0 bridgehead atoms. The SMILES string of the molecule is CCSc1nc(NCC(C)C)c2cnn(CCNC(=O)COc3ccccc3OC)c2n1. The fourth-order valence-corrected chi connectivity index (χ4v) is 3.53. The molecular formula is C22H30N6O3S. The van der Waals surface area contributed by atoms with Crippen molar-refractivity contribution in [3.8, 4) is 11.5 Å². The number of hydrogen-bond acceptors (Lipinski definition) is 8. The van der Waals surface area contributed by atoms with E-state index in [1.807, 2.05) is 12.1 Å². The summed E-state index contributed by atoms with van der Waals surface area (Å²) in [6.45, 7) is 7.98. The number of aromatic nitrogens is 4. The third-order valence-corrected chi connectivity index (χ3v) is 5.23. The fraction of sp³-hybridized carbons (Fsp3) is 0.455. The van der Waals surface area contributed by atoms with Crippen molar-refractivity contribution in [2.45, 2.75) is 32.5 Å². The summed E-state index contributed by atoms with van der Waals surface area (Å²) in [5.41, 5.74) is 0.752. The summed E-state index contributed by atoms with van der Waals surface area (Å²) in [7, 11) is 1.56. The number of amides is 1. The Kier molecular flexibility index (Phi) is 8.55. The first-order chi connectivity index (χ1) is 15.5. The number of nitrogens with zero attached hydrogens (tertiary/aromatic N) is 4. The highest BCUT2D eigenvalue weighted by atomic mass is 32.2. The highest BCUT2D eigenvalue weighted by Crippen LogP contribution is 2.26. The van der Waals surface area contributed by atoms with Crippen molar-refractivity contribution < 1.29 is 14.3 Å². The van der Waals surface area contributed by atoms with Crippen molar-refractivity contribution in [2.24, 2.45) is 5.92 Å². The highest BCUT2D eigenvalue weighted by molar-refractivity contribution is 7.99. The monoisotopic (exact) mass is 458 g/mol. The minimum absolute atomic E-state index is 0.0943. The predicted molar refractivity (Wildman–Crippen MR) is 127 cm³/mol. The van der Waals surface area contributed by atoms with Gasteiger partial charge in [-0.15, -0.1) is 0 Å². The van der Waals surface area contributed by atoms with Gasteiger partial charge in [-0.1, -0.05) is 44.7 Å². The van der Waals surface area contributed by atoms with Crippen LogP contribution in [0.3, 0.4) is 0 Å². The van der Waals surface area contributed by atoms with Gasteiger partial charge in [0.25, 0.3) is 5.91 Å². The maximum Gasteiger partial charge on any atom is 0.258 e. The molecule has 1 amide bonds. The first-order valence-electron chi connectivity index (χ1n) is 10.6. The quantitative estimate of drug-likeness (QED) is 0.315. The smallest absolute Gasteiger partial charge is 0.258 e. The van der Waals surface area contributed by atoms with E-state index in [9.17, 15) is 4.79 Å². The lowest BCUT2D eigenvalue weighted by Gasteiger charge is -2.11. The zero-order valence-corrected chi connectivity index (χ0v) is 19.7. The van der Waals surface area contributed by atoms with Crippen LogP contribution in [0.1, 0.15) is 20.8 Å². The Bertz CT molecular complexity index is 1040. The minimum Gasteiger partial charge on any atom is -0.493 e. The summed E-state index contributed by atoms with van der Waals surface area (Å²) >= 11 is 1.59. The van der Waals surface area contributed by atoms with E-state index in [1.54, 1.807) is 41.9 Å². The van der Waals surface area contributed by atoms with Gasteiger partial charge in [0.1, 0.15) is 5.82 Å². The summed E-state index contributed by atoms with van der Waals surface area (Å²) < 4.78 is 12.6. The first kappa shape index (κ1) is 23.6. The third kappa shape index (κ3) is 6.25. The van der Waals surface area contributed by atoms with E-state index in [2.05, 4.69) is 46.5 Å². The topological polar surface area (TPSA) is 103 Å². The van der Waals surface area contributed by atoms with Crippen LogP contribution in [0.15, 0.2) is 35.6 Å². The summed E-state index contributed by atoms with van der Waals surface area (Å²) in [6, 6.07) is 7.22. The molecule has 9 nitrogen and oxygen atoms in total. The predicted octanol–water partition coefficient (Wildman–Crippen LogP) is 3.21. The number of carbonyl (C=O) groups is 1. The molecule has 0 atom stereocenters. The molecule has 0 aliphatic heterocycles. The van der Waals surface area contributed by atoms with Crippen LogP contribution >= 0.6 is 11.8 Å². The van der Waals surface area contributed by atoms with Gasteiger partial charge in [-0.25, -0.2) is 14.6 Å². The largest absolute Gasteiger partial charge is 0.493 e. The standard InChI is InChI=1S/C22H30N6O3S/c1-5-32-22-26-20(24-12-15(2)3)16-13-25-28(21(16)27-22)11-10-23-19(29)14-31-18-9-7-6-8-17(18)30-4/h6-9,13,15H,5,10-12,14H2,1-4H3,(H,23,29)(H,24,26,27). The van der Waals surface area contributed by atoms with E-state index < -0.39 is 0 Å². The molecular weight excluding hydrogens is 428 g/mol. The van der Waals surface area contributed by atoms with E-state index >= 15 is 0 Å². The van der Waals surface area contributed by atoms with Gasteiger partial charge in [0, 0.05) is 13.1 Å². The van der Waals surface area contributed by atoms with E-state index in [0.717, 1.165) is 29.1 Å². The number of carbonyl (C=O) groups excluding carboxylic acids is 1. The van der Waals surface area contributed by atoms with Crippen LogP contribution in [-0.2, 0) is 11.3 Å². The molecule has 32 heavy (non-hydrogen) atoms. The number of fused-ring (bicyclic) bond motifs is 1. The molecule has 172 valence electrons. The van der Waals surface area contributed by atoms with Gasteiger partial charge < -0.3 is 20.1 Å². The molecule has 0 spiro atoms. The van der Waals surface area contributed by atoms with Crippen LogP contribution in [0.25, 0.3) is 11.0 Å². The van der Waals surface area contributed by atoms with Gasteiger partial charge in [0.2, 0.25) is 0 Å². The van der Waals surface area contributed by atoms with Crippen molar-refractivity contribution in [1.29, 1.82) is 0 Å². The molecule has 2 aromatic heterocycles. The van der Waals surface area contributed by atoms with Gasteiger partial charge in [0.05, 0.1) is 25.2 Å². The van der Waals surface area contributed by atoms with Gasteiger partial charge in [-0.2, -0.15) is 5.10 Å². The van der Waals surface area contributed by atoms with Crippen LogP contribution in [-0.4, -0.2) is 58.2 Å². The van der Waals surface area contributed by atoms with Crippen molar-refractivity contribution in [2.75, 3.05) is 37.9 Å². The average Bonchev–Trinajstić information content (AvgIpc) is 3.19.